The molecule has 146 valence electrons. The van der Waals surface area contributed by atoms with Gasteiger partial charge in [0.2, 0.25) is 0 Å². The van der Waals surface area contributed by atoms with Crippen LogP contribution in [0.4, 0.5) is 0 Å². The highest BCUT2D eigenvalue weighted by Gasteiger charge is 2.36. The molecular weight excluding hydrogens is 310 g/mol. The minimum absolute atomic E-state index is 1.02. The number of hydrogen-bond acceptors (Lipinski definition) is 0. The molecule has 0 bridgehead atoms. The molecule has 2 heteroatoms. The van der Waals surface area contributed by atoms with Gasteiger partial charge in [-0.2, -0.15) is 0 Å². The maximum Gasteiger partial charge on any atom is 0.105 e. The van der Waals surface area contributed by atoms with Gasteiger partial charge in [0, 0.05) is 0 Å². The van der Waals surface area contributed by atoms with Crippen molar-refractivity contribution in [1.29, 1.82) is 0 Å². The van der Waals surface area contributed by atoms with Crippen molar-refractivity contribution in [3.8, 4) is 0 Å². The summed E-state index contributed by atoms with van der Waals surface area (Å²) >= 11 is 0. The average Bonchev–Trinajstić information content (AvgIpc) is 2.70. The Hall–Kier alpha value is 0.130. The van der Waals surface area contributed by atoms with Crippen molar-refractivity contribution < 1.29 is 0 Å². The van der Waals surface area contributed by atoms with E-state index in [-0.39, 0.29) is 0 Å². The standard InChI is InChI=1S/C24H44B2/c25-23-13-9-21(10-14-23)19-5-1-17(2-6-19)18-3-7-20(8-4-18)22-11-15-24(26)16-12-22/h17-24H,1-16,25-26H2. The van der Waals surface area contributed by atoms with Crippen LogP contribution in [0.5, 0.6) is 0 Å². The Morgan fingerprint density at radius 2 is 0.423 bits per heavy atom. The summed E-state index contributed by atoms with van der Waals surface area (Å²) in [5, 5.41) is 0. The fraction of sp³-hybridized carbons (Fsp3) is 1.00. The molecule has 0 saturated heterocycles. The monoisotopic (exact) mass is 354 g/mol. The highest BCUT2D eigenvalue weighted by Crippen LogP contribution is 2.48. The molecule has 0 spiro atoms. The third kappa shape index (κ3) is 4.75. The lowest BCUT2D eigenvalue weighted by Gasteiger charge is -2.43. The Bertz CT molecular complexity index is 364. The van der Waals surface area contributed by atoms with Crippen molar-refractivity contribution in [3.05, 3.63) is 0 Å². The second-order valence-corrected chi connectivity index (χ2v) is 11.4. The van der Waals surface area contributed by atoms with Gasteiger partial charge in [-0.1, -0.05) is 63.0 Å². The van der Waals surface area contributed by atoms with Crippen LogP contribution in [0.25, 0.3) is 0 Å². The molecule has 0 atom stereocenters. The summed E-state index contributed by atoms with van der Waals surface area (Å²) in [7, 11) is 4.94. The molecule has 0 unspecified atom stereocenters. The van der Waals surface area contributed by atoms with Crippen LogP contribution in [0.1, 0.15) is 103 Å². The zero-order valence-corrected chi connectivity index (χ0v) is 17.9. The maximum atomic E-state index is 2.47. The number of hydrogen-bond donors (Lipinski definition) is 0. The Morgan fingerprint density at radius 1 is 0.269 bits per heavy atom. The van der Waals surface area contributed by atoms with Crippen LogP contribution in [-0.2, 0) is 0 Å². The summed E-state index contributed by atoms with van der Waals surface area (Å²) in [6.07, 6.45) is 25.0. The Kier molecular flexibility index (Phi) is 6.80. The molecule has 4 aliphatic rings. The van der Waals surface area contributed by atoms with Gasteiger partial charge in [-0.3, -0.25) is 0 Å². The molecule has 4 aliphatic carbocycles. The summed E-state index contributed by atoms with van der Waals surface area (Å²) in [6.45, 7) is 0. The zero-order chi connectivity index (χ0) is 17.9. The molecule has 4 fully saturated rings. The molecule has 0 radical (unpaired) electrons. The second kappa shape index (κ2) is 9.09. The average molecular weight is 354 g/mol. The van der Waals surface area contributed by atoms with E-state index < -0.39 is 0 Å². The topological polar surface area (TPSA) is 0 Å². The van der Waals surface area contributed by atoms with Crippen molar-refractivity contribution in [1.82, 2.24) is 0 Å². The highest BCUT2D eigenvalue weighted by molar-refractivity contribution is 6.11. The second-order valence-electron chi connectivity index (χ2n) is 11.4. The lowest BCUT2D eigenvalue weighted by Crippen LogP contribution is -2.31. The molecule has 26 heavy (non-hydrogen) atoms. The summed E-state index contributed by atoms with van der Waals surface area (Å²) in [6, 6.07) is 0. The molecule has 0 aromatic carbocycles. The normalized spacial score (nSPS) is 48.2. The lowest BCUT2D eigenvalue weighted by molar-refractivity contribution is 0.0947. The predicted molar refractivity (Wildman–Crippen MR) is 119 cm³/mol. The van der Waals surface area contributed by atoms with E-state index in [0.717, 1.165) is 47.1 Å². The van der Waals surface area contributed by atoms with Gasteiger partial charge >= 0.3 is 0 Å². The van der Waals surface area contributed by atoms with Crippen molar-refractivity contribution in [2.45, 2.75) is 114 Å². The third-order valence-electron chi connectivity index (χ3n) is 9.75. The molecule has 4 saturated carbocycles. The van der Waals surface area contributed by atoms with Crippen molar-refractivity contribution >= 4 is 15.7 Å². The van der Waals surface area contributed by atoms with E-state index in [1.807, 2.05) is 0 Å². The Morgan fingerprint density at radius 3 is 0.615 bits per heavy atom. The first-order valence-corrected chi connectivity index (χ1v) is 12.7. The first-order chi connectivity index (χ1) is 12.7. The van der Waals surface area contributed by atoms with Crippen LogP contribution >= 0.6 is 0 Å². The van der Waals surface area contributed by atoms with Crippen LogP contribution in [0.15, 0.2) is 0 Å². The summed E-state index contributed by atoms with van der Waals surface area (Å²) in [5.41, 5.74) is 0. The zero-order valence-electron chi connectivity index (χ0n) is 17.9. The first-order valence-electron chi connectivity index (χ1n) is 12.7. The van der Waals surface area contributed by atoms with Gasteiger partial charge in [-0.15, -0.1) is 0 Å². The fourth-order valence-corrected chi connectivity index (χ4v) is 7.69. The van der Waals surface area contributed by atoms with Gasteiger partial charge in [0.15, 0.2) is 0 Å². The van der Waals surface area contributed by atoms with Gasteiger partial charge in [0.1, 0.15) is 15.7 Å². The van der Waals surface area contributed by atoms with E-state index in [0.29, 0.717) is 0 Å². The molecule has 0 N–H and O–H groups in total. The molecule has 0 aliphatic heterocycles. The summed E-state index contributed by atoms with van der Waals surface area (Å²) < 4.78 is 0. The van der Waals surface area contributed by atoms with E-state index in [4.69, 9.17) is 0 Å². The fourth-order valence-electron chi connectivity index (χ4n) is 7.69. The van der Waals surface area contributed by atoms with Crippen LogP contribution in [0.3, 0.4) is 0 Å². The quantitative estimate of drug-likeness (QED) is 0.560. The van der Waals surface area contributed by atoms with Gasteiger partial charge in [0.05, 0.1) is 0 Å². The molecule has 0 heterocycles. The van der Waals surface area contributed by atoms with E-state index >= 15 is 0 Å². The largest absolute Gasteiger partial charge is 0.105 e. The molecule has 0 amide bonds. The van der Waals surface area contributed by atoms with Crippen LogP contribution in [0.2, 0.25) is 11.6 Å². The van der Waals surface area contributed by atoms with Gasteiger partial charge in [-0.05, 0) is 86.9 Å². The van der Waals surface area contributed by atoms with Crippen molar-refractivity contribution in [3.63, 3.8) is 0 Å². The van der Waals surface area contributed by atoms with E-state index in [1.54, 1.807) is 77.0 Å². The first kappa shape index (κ1) is 19.4. The molecule has 4 rings (SSSR count). The van der Waals surface area contributed by atoms with Crippen molar-refractivity contribution in [2.75, 3.05) is 0 Å². The van der Waals surface area contributed by atoms with Crippen LogP contribution in [-0.4, -0.2) is 15.7 Å². The maximum absolute atomic E-state index is 2.47. The molecule has 0 nitrogen and oxygen atoms in total. The van der Waals surface area contributed by atoms with Gasteiger partial charge in [-0.25, -0.2) is 0 Å². The van der Waals surface area contributed by atoms with E-state index in [9.17, 15) is 0 Å². The van der Waals surface area contributed by atoms with Crippen LogP contribution in [0, 0.1) is 35.5 Å². The minimum atomic E-state index is 1.02. The smallest absolute Gasteiger partial charge is 0.0697 e. The third-order valence-corrected chi connectivity index (χ3v) is 9.75. The predicted octanol–water partition coefficient (Wildman–Crippen LogP) is 5.82. The van der Waals surface area contributed by atoms with Gasteiger partial charge < -0.3 is 0 Å². The highest BCUT2D eigenvalue weighted by atomic mass is 14.4. The molecule has 0 aromatic rings. The summed E-state index contributed by atoms with van der Waals surface area (Å²) in [4.78, 5) is 0. The van der Waals surface area contributed by atoms with E-state index in [2.05, 4.69) is 15.7 Å². The van der Waals surface area contributed by atoms with Crippen LogP contribution < -0.4 is 0 Å². The molecule has 0 aromatic heterocycles. The SMILES string of the molecule is BC1CCC(C2CCC(C3CCC(C4CCC(B)CC4)CC3)CC2)CC1. The lowest BCUT2D eigenvalue weighted by atomic mass is 9.61. The minimum Gasteiger partial charge on any atom is -0.0697 e. The summed E-state index contributed by atoms with van der Waals surface area (Å²) in [5.74, 6) is 8.70. The van der Waals surface area contributed by atoms with E-state index in [1.165, 1.54) is 25.7 Å². The van der Waals surface area contributed by atoms with Crippen molar-refractivity contribution in [2.24, 2.45) is 35.5 Å². The Labute approximate surface area is 165 Å². The van der Waals surface area contributed by atoms with Gasteiger partial charge in [0.25, 0.3) is 0 Å². The Balaban J connectivity index is 1.18. The molecular formula is C24H44B2. The number of rotatable bonds is 3.